The van der Waals surface area contributed by atoms with Gasteiger partial charge in [-0.2, -0.15) is 0 Å². The number of halogens is 3. The zero-order valence-electron chi connectivity index (χ0n) is 13.8. The quantitative estimate of drug-likeness (QED) is 0.798. The number of nitrogens with zero attached hydrogens (tertiary/aromatic N) is 2. The van der Waals surface area contributed by atoms with Gasteiger partial charge >= 0.3 is 6.03 Å². The number of hydrogen-bond acceptors (Lipinski definition) is 1. The summed E-state index contributed by atoms with van der Waals surface area (Å²) >= 11 is 0. The summed E-state index contributed by atoms with van der Waals surface area (Å²) in [6.07, 6.45) is 1.67. The summed E-state index contributed by atoms with van der Waals surface area (Å²) in [6, 6.07) is 8.26. The first-order chi connectivity index (χ1) is 11.9. The second kappa shape index (κ2) is 6.63. The highest BCUT2D eigenvalue weighted by molar-refractivity contribution is 5.82. The minimum atomic E-state index is -0.565. The molecule has 6 heteroatoms. The van der Waals surface area contributed by atoms with Crippen molar-refractivity contribution in [3.8, 4) is 0 Å². The van der Waals surface area contributed by atoms with Gasteiger partial charge in [0.05, 0.1) is 6.04 Å². The van der Waals surface area contributed by atoms with Crippen molar-refractivity contribution in [3.63, 3.8) is 0 Å². The van der Waals surface area contributed by atoms with Gasteiger partial charge in [0, 0.05) is 26.2 Å². The summed E-state index contributed by atoms with van der Waals surface area (Å²) in [6.45, 7) is 0.110. The first kappa shape index (κ1) is 17.1. The Morgan fingerprint density at radius 2 is 1.80 bits per heavy atom. The Bertz CT molecular complexity index is 848. The molecule has 0 fully saturated rings. The van der Waals surface area contributed by atoms with Gasteiger partial charge in [-0.15, -0.1) is 0 Å². The second-order valence-corrected chi connectivity index (χ2v) is 6.12. The predicted molar refractivity (Wildman–Crippen MR) is 89.3 cm³/mol. The van der Waals surface area contributed by atoms with Crippen LogP contribution in [-0.4, -0.2) is 36.5 Å². The van der Waals surface area contributed by atoms with E-state index in [0.29, 0.717) is 11.1 Å². The zero-order valence-corrected chi connectivity index (χ0v) is 13.8. The third-order valence-corrected chi connectivity index (χ3v) is 4.13. The molecule has 0 N–H and O–H groups in total. The van der Waals surface area contributed by atoms with Crippen LogP contribution in [0.2, 0.25) is 0 Å². The largest absolute Gasteiger partial charge is 0.331 e. The standard InChI is InChI=1S/C19H17F3N2O/c1-23(2)19(25)24-11-13(16-10-15(21)6-7-17(16)22)9-18(24)12-4-3-5-14(20)8-12/h3-10,18H,11H2,1-2H3. The highest BCUT2D eigenvalue weighted by Gasteiger charge is 2.32. The van der Waals surface area contributed by atoms with Crippen molar-refractivity contribution in [1.82, 2.24) is 9.80 Å². The van der Waals surface area contributed by atoms with E-state index in [1.165, 1.54) is 21.9 Å². The Morgan fingerprint density at radius 1 is 1.08 bits per heavy atom. The summed E-state index contributed by atoms with van der Waals surface area (Å²) < 4.78 is 41.2. The van der Waals surface area contributed by atoms with E-state index in [9.17, 15) is 18.0 Å². The predicted octanol–water partition coefficient (Wildman–Crippen LogP) is 4.23. The van der Waals surface area contributed by atoms with Crippen LogP contribution < -0.4 is 0 Å². The van der Waals surface area contributed by atoms with Gasteiger partial charge in [0.15, 0.2) is 0 Å². The lowest BCUT2D eigenvalue weighted by Gasteiger charge is -2.28. The van der Waals surface area contributed by atoms with E-state index in [1.807, 2.05) is 0 Å². The molecule has 0 spiro atoms. The van der Waals surface area contributed by atoms with Gasteiger partial charge in [0.1, 0.15) is 17.5 Å². The van der Waals surface area contributed by atoms with E-state index in [4.69, 9.17) is 0 Å². The third-order valence-electron chi connectivity index (χ3n) is 4.13. The molecule has 2 amide bonds. The summed E-state index contributed by atoms with van der Waals surface area (Å²) in [5, 5.41) is 0. The third kappa shape index (κ3) is 3.38. The van der Waals surface area contributed by atoms with Gasteiger partial charge < -0.3 is 9.80 Å². The molecule has 0 bridgehead atoms. The van der Waals surface area contributed by atoms with Crippen molar-refractivity contribution < 1.29 is 18.0 Å². The number of carbonyl (C=O) groups excluding carboxylic acids is 1. The van der Waals surface area contributed by atoms with Crippen molar-refractivity contribution in [2.24, 2.45) is 0 Å². The van der Waals surface area contributed by atoms with Gasteiger partial charge in [-0.1, -0.05) is 18.2 Å². The maximum absolute atomic E-state index is 14.1. The van der Waals surface area contributed by atoms with Gasteiger partial charge in [0.25, 0.3) is 0 Å². The van der Waals surface area contributed by atoms with Crippen molar-refractivity contribution in [1.29, 1.82) is 0 Å². The fraction of sp³-hybridized carbons (Fsp3) is 0.211. The molecule has 0 aliphatic carbocycles. The highest BCUT2D eigenvalue weighted by atomic mass is 19.1. The molecule has 2 aromatic carbocycles. The van der Waals surface area contributed by atoms with E-state index < -0.39 is 23.5 Å². The molecule has 1 atom stereocenters. The molecule has 3 nitrogen and oxygen atoms in total. The van der Waals surface area contributed by atoms with Gasteiger partial charge in [-0.05, 0) is 41.5 Å². The fourth-order valence-electron chi connectivity index (χ4n) is 2.94. The summed E-state index contributed by atoms with van der Waals surface area (Å²) in [7, 11) is 3.21. The lowest BCUT2D eigenvalue weighted by atomic mass is 10.0. The first-order valence-electron chi connectivity index (χ1n) is 7.76. The molecule has 2 aromatic rings. The van der Waals surface area contributed by atoms with Crippen LogP contribution >= 0.6 is 0 Å². The Kier molecular flexibility index (Phi) is 4.53. The van der Waals surface area contributed by atoms with Crippen LogP contribution in [0, 0.1) is 17.5 Å². The number of rotatable bonds is 2. The zero-order chi connectivity index (χ0) is 18.1. The molecule has 1 heterocycles. The van der Waals surface area contributed by atoms with Crippen LogP contribution in [0.4, 0.5) is 18.0 Å². The van der Waals surface area contributed by atoms with Gasteiger partial charge in [0.2, 0.25) is 0 Å². The van der Waals surface area contributed by atoms with E-state index in [0.717, 1.165) is 18.2 Å². The maximum Gasteiger partial charge on any atom is 0.320 e. The van der Waals surface area contributed by atoms with Gasteiger partial charge in [-0.3, -0.25) is 0 Å². The molecule has 1 aliphatic rings. The number of carbonyl (C=O) groups is 1. The molecular weight excluding hydrogens is 329 g/mol. The van der Waals surface area contributed by atoms with Crippen LogP contribution in [0.15, 0.2) is 48.5 Å². The first-order valence-corrected chi connectivity index (χ1v) is 7.76. The van der Waals surface area contributed by atoms with Crippen molar-refractivity contribution in [2.45, 2.75) is 6.04 Å². The number of hydrogen-bond donors (Lipinski definition) is 0. The molecule has 25 heavy (non-hydrogen) atoms. The summed E-state index contributed by atoms with van der Waals surface area (Å²) in [5.74, 6) is -1.55. The number of benzene rings is 2. The molecule has 0 aromatic heterocycles. The van der Waals surface area contributed by atoms with E-state index in [1.54, 1.807) is 32.3 Å². The topological polar surface area (TPSA) is 23.6 Å². The Labute approximate surface area is 144 Å². The molecular formula is C19H17F3N2O. The van der Waals surface area contributed by atoms with Crippen LogP contribution in [0.5, 0.6) is 0 Å². The lowest BCUT2D eigenvalue weighted by molar-refractivity contribution is 0.170. The van der Waals surface area contributed by atoms with Crippen LogP contribution in [-0.2, 0) is 0 Å². The molecule has 0 saturated heterocycles. The van der Waals surface area contributed by atoms with Crippen LogP contribution in [0.3, 0.4) is 0 Å². The molecule has 1 unspecified atom stereocenters. The Hall–Kier alpha value is -2.76. The van der Waals surface area contributed by atoms with Crippen molar-refractivity contribution in [2.75, 3.05) is 20.6 Å². The molecule has 130 valence electrons. The Morgan fingerprint density at radius 3 is 2.48 bits per heavy atom. The van der Waals surface area contributed by atoms with E-state index in [2.05, 4.69) is 0 Å². The van der Waals surface area contributed by atoms with E-state index in [-0.39, 0.29) is 18.1 Å². The van der Waals surface area contributed by atoms with Gasteiger partial charge in [-0.25, -0.2) is 18.0 Å². The average molecular weight is 346 g/mol. The van der Waals surface area contributed by atoms with Crippen molar-refractivity contribution >= 4 is 11.6 Å². The van der Waals surface area contributed by atoms with E-state index >= 15 is 0 Å². The maximum atomic E-state index is 14.1. The molecule has 0 saturated carbocycles. The number of urea groups is 1. The number of amides is 2. The highest BCUT2D eigenvalue weighted by Crippen LogP contribution is 2.36. The van der Waals surface area contributed by atoms with Crippen LogP contribution in [0.1, 0.15) is 17.2 Å². The molecule has 3 rings (SSSR count). The summed E-state index contributed by atoms with van der Waals surface area (Å²) in [4.78, 5) is 15.4. The monoisotopic (exact) mass is 346 g/mol. The van der Waals surface area contributed by atoms with Crippen molar-refractivity contribution in [3.05, 3.63) is 77.1 Å². The Balaban J connectivity index is 2.05. The SMILES string of the molecule is CN(C)C(=O)N1CC(c2cc(F)ccc2F)=CC1c1cccc(F)c1. The lowest BCUT2D eigenvalue weighted by Crippen LogP contribution is -2.39. The smallest absolute Gasteiger partial charge is 0.320 e. The minimum Gasteiger partial charge on any atom is -0.331 e. The summed E-state index contributed by atoms with van der Waals surface area (Å²) in [5.41, 5.74) is 1.17. The molecule has 1 aliphatic heterocycles. The van der Waals surface area contributed by atoms with Crippen LogP contribution in [0.25, 0.3) is 5.57 Å². The minimum absolute atomic E-state index is 0.107. The fourth-order valence-corrected chi connectivity index (χ4v) is 2.94. The second-order valence-electron chi connectivity index (χ2n) is 6.12. The normalized spacial score (nSPS) is 16.8. The molecule has 0 radical (unpaired) electrons. The average Bonchev–Trinajstić information content (AvgIpc) is 3.01.